The van der Waals surface area contributed by atoms with Crippen LogP contribution in [0.3, 0.4) is 0 Å². The highest BCUT2D eigenvalue weighted by atomic mass is 16.5. The van der Waals surface area contributed by atoms with Crippen molar-refractivity contribution in [3.63, 3.8) is 0 Å². The van der Waals surface area contributed by atoms with Gasteiger partial charge >= 0.3 is 5.97 Å². The van der Waals surface area contributed by atoms with Crippen LogP contribution in [0, 0.1) is 0 Å². The Hall–Kier alpha value is -1.79. The van der Waals surface area contributed by atoms with Gasteiger partial charge < -0.3 is 24.8 Å². The van der Waals surface area contributed by atoms with E-state index in [0.717, 1.165) is 5.69 Å². The highest BCUT2D eigenvalue weighted by Crippen LogP contribution is 2.29. The van der Waals surface area contributed by atoms with E-state index in [1.807, 2.05) is 0 Å². The fourth-order valence-corrected chi connectivity index (χ4v) is 2.46. The second-order valence-corrected chi connectivity index (χ2v) is 4.72. The Bertz CT molecular complexity index is 480. The molecule has 6 heteroatoms. The summed E-state index contributed by atoms with van der Waals surface area (Å²) in [6.07, 6.45) is -0.0256. The number of methoxy groups -OCH3 is 3. The predicted molar refractivity (Wildman–Crippen MR) is 76.0 cm³/mol. The number of anilines is 2. The maximum atomic E-state index is 11.6. The Morgan fingerprint density at radius 3 is 2.30 bits per heavy atom. The summed E-state index contributed by atoms with van der Waals surface area (Å²) in [6, 6.07) is 5.11. The van der Waals surface area contributed by atoms with E-state index < -0.39 is 0 Å². The van der Waals surface area contributed by atoms with E-state index in [4.69, 9.17) is 19.9 Å². The topological polar surface area (TPSA) is 74.0 Å². The van der Waals surface area contributed by atoms with Gasteiger partial charge in [-0.15, -0.1) is 0 Å². The van der Waals surface area contributed by atoms with Crippen LogP contribution in [0.1, 0.15) is 10.4 Å². The molecule has 2 rings (SSSR count). The van der Waals surface area contributed by atoms with Gasteiger partial charge in [0.25, 0.3) is 0 Å². The summed E-state index contributed by atoms with van der Waals surface area (Å²) in [6.45, 7) is 1.34. The highest BCUT2D eigenvalue weighted by Gasteiger charge is 2.34. The first kappa shape index (κ1) is 14.6. The summed E-state index contributed by atoms with van der Waals surface area (Å²) in [4.78, 5) is 13.7. The van der Waals surface area contributed by atoms with Crippen molar-refractivity contribution in [2.75, 3.05) is 45.1 Å². The predicted octanol–water partition coefficient (Wildman–Crippen LogP) is 0.905. The van der Waals surface area contributed by atoms with Crippen molar-refractivity contribution in [1.82, 2.24) is 0 Å². The van der Waals surface area contributed by atoms with Gasteiger partial charge in [-0.2, -0.15) is 0 Å². The molecular weight excluding hydrogens is 260 g/mol. The maximum absolute atomic E-state index is 11.6. The molecular formula is C14H20N2O4. The maximum Gasteiger partial charge on any atom is 0.337 e. The molecule has 0 aliphatic carbocycles. The number of nitrogens with zero attached hydrogens (tertiary/aromatic N) is 1. The molecule has 6 nitrogen and oxygen atoms in total. The molecule has 1 saturated heterocycles. The normalized spacial score (nSPS) is 22.1. The van der Waals surface area contributed by atoms with E-state index in [9.17, 15) is 4.79 Å². The van der Waals surface area contributed by atoms with Crippen molar-refractivity contribution in [2.45, 2.75) is 12.2 Å². The van der Waals surface area contributed by atoms with Gasteiger partial charge in [0.05, 0.1) is 24.0 Å². The Kier molecular flexibility index (Phi) is 4.46. The number of hydrogen-bond acceptors (Lipinski definition) is 6. The molecule has 0 bridgehead atoms. The van der Waals surface area contributed by atoms with Crippen molar-refractivity contribution in [3.8, 4) is 0 Å². The van der Waals surface area contributed by atoms with Crippen LogP contribution in [0.4, 0.5) is 11.4 Å². The number of nitrogens with two attached hydrogens (primary N) is 1. The number of carbonyl (C=O) groups excluding carboxylic acids is 1. The van der Waals surface area contributed by atoms with Gasteiger partial charge in [-0.25, -0.2) is 4.79 Å². The zero-order chi connectivity index (χ0) is 14.7. The molecule has 0 spiro atoms. The summed E-state index contributed by atoms with van der Waals surface area (Å²) in [5.41, 5.74) is 7.90. The SMILES string of the molecule is COC(=O)c1ccc(N)c(N2CC(OC)C(OC)C2)c1. The number of esters is 1. The Morgan fingerprint density at radius 1 is 1.20 bits per heavy atom. The molecule has 1 fully saturated rings. The number of benzene rings is 1. The average Bonchev–Trinajstić information content (AvgIpc) is 2.90. The third-order valence-corrected chi connectivity index (χ3v) is 3.61. The summed E-state index contributed by atoms with van der Waals surface area (Å²) >= 11 is 0. The molecule has 110 valence electrons. The van der Waals surface area contributed by atoms with Gasteiger partial charge in [-0.3, -0.25) is 0 Å². The first-order chi connectivity index (χ1) is 9.60. The number of hydrogen-bond donors (Lipinski definition) is 1. The zero-order valence-electron chi connectivity index (χ0n) is 12.0. The van der Waals surface area contributed by atoms with Crippen molar-refractivity contribution < 1.29 is 19.0 Å². The molecule has 2 atom stereocenters. The van der Waals surface area contributed by atoms with Crippen molar-refractivity contribution in [2.24, 2.45) is 0 Å². The van der Waals surface area contributed by atoms with E-state index in [-0.39, 0.29) is 18.2 Å². The minimum atomic E-state index is -0.378. The van der Waals surface area contributed by atoms with Crippen LogP contribution in [0.15, 0.2) is 18.2 Å². The molecule has 0 saturated carbocycles. The fourth-order valence-electron chi connectivity index (χ4n) is 2.46. The largest absolute Gasteiger partial charge is 0.465 e. The second kappa shape index (κ2) is 6.11. The molecule has 0 aromatic heterocycles. The number of ether oxygens (including phenoxy) is 3. The van der Waals surface area contributed by atoms with E-state index in [1.54, 1.807) is 32.4 Å². The first-order valence-electron chi connectivity index (χ1n) is 6.39. The zero-order valence-corrected chi connectivity index (χ0v) is 12.0. The molecule has 1 aliphatic heterocycles. The smallest absolute Gasteiger partial charge is 0.337 e. The molecule has 1 heterocycles. The van der Waals surface area contributed by atoms with Gasteiger partial charge in [0.2, 0.25) is 0 Å². The average molecular weight is 280 g/mol. The van der Waals surface area contributed by atoms with Crippen LogP contribution in [-0.2, 0) is 14.2 Å². The standard InChI is InChI=1S/C14H20N2O4/c1-18-12-7-16(8-13(12)19-2)11-6-9(14(17)20-3)4-5-10(11)15/h4-6,12-13H,7-8,15H2,1-3H3. The van der Waals surface area contributed by atoms with E-state index in [1.165, 1.54) is 7.11 Å². The van der Waals surface area contributed by atoms with E-state index in [0.29, 0.717) is 24.3 Å². The lowest BCUT2D eigenvalue weighted by Crippen LogP contribution is -2.27. The van der Waals surface area contributed by atoms with Crippen LogP contribution in [-0.4, -0.2) is 52.6 Å². The van der Waals surface area contributed by atoms with E-state index >= 15 is 0 Å². The Balaban J connectivity index is 2.26. The van der Waals surface area contributed by atoms with Crippen molar-refractivity contribution in [3.05, 3.63) is 23.8 Å². The minimum absolute atomic E-state index is 0.0128. The van der Waals surface area contributed by atoms with Crippen LogP contribution in [0.25, 0.3) is 0 Å². The monoisotopic (exact) mass is 280 g/mol. The van der Waals surface area contributed by atoms with Gasteiger partial charge in [0, 0.05) is 27.3 Å². The molecule has 2 unspecified atom stereocenters. The third kappa shape index (κ3) is 2.71. The quantitative estimate of drug-likeness (QED) is 0.652. The van der Waals surface area contributed by atoms with Crippen molar-refractivity contribution >= 4 is 17.3 Å². The number of nitrogen functional groups attached to an aromatic ring is 1. The fraction of sp³-hybridized carbons (Fsp3) is 0.500. The van der Waals surface area contributed by atoms with Crippen LogP contribution < -0.4 is 10.6 Å². The summed E-state index contributed by atoms with van der Waals surface area (Å²) < 4.78 is 15.5. The number of rotatable bonds is 4. The summed E-state index contributed by atoms with van der Waals surface area (Å²) in [5.74, 6) is -0.378. The van der Waals surface area contributed by atoms with Crippen LogP contribution >= 0.6 is 0 Å². The summed E-state index contributed by atoms with van der Waals surface area (Å²) in [7, 11) is 4.68. The summed E-state index contributed by atoms with van der Waals surface area (Å²) in [5, 5.41) is 0. The van der Waals surface area contributed by atoms with Crippen LogP contribution in [0.2, 0.25) is 0 Å². The van der Waals surface area contributed by atoms with Gasteiger partial charge in [-0.05, 0) is 18.2 Å². The lowest BCUT2D eigenvalue weighted by molar-refractivity contribution is -0.00461. The Labute approximate surface area is 118 Å². The highest BCUT2D eigenvalue weighted by molar-refractivity contribution is 5.92. The molecule has 1 aromatic carbocycles. The third-order valence-electron chi connectivity index (χ3n) is 3.61. The van der Waals surface area contributed by atoms with Gasteiger partial charge in [-0.1, -0.05) is 0 Å². The molecule has 20 heavy (non-hydrogen) atoms. The first-order valence-corrected chi connectivity index (χ1v) is 6.39. The minimum Gasteiger partial charge on any atom is -0.465 e. The van der Waals surface area contributed by atoms with E-state index in [2.05, 4.69) is 4.90 Å². The van der Waals surface area contributed by atoms with Crippen molar-refractivity contribution in [1.29, 1.82) is 0 Å². The lowest BCUT2D eigenvalue weighted by Gasteiger charge is -2.20. The lowest BCUT2D eigenvalue weighted by atomic mass is 10.1. The molecule has 1 aromatic rings. The molecule has 0 radical (unpaired) electrons. The van der Waals surface area contributed by atoms with Gasteiger partial charge in [0.1, 0.15) is 12.2 Å². The molecule has 1 aliphatic rings. The number of carbonyl (C=O) groups is 1. The van der Waals surface area contributed by atoms with Crippen LogP contribution in [0.5, 0.6) is 0 Å². The van der Waals surface area contributed by atoms with Gasteiger partial charge in [0.15, 0.2) is 0 Å². The molecule has 0 amide bonds. The second-order valence-electron chi connectivity index (χ2n) is 4.72. The molecule has 2 N–H and O–H groups in total. The Morgan fingerprint density at radius 2 is 1.80 bits per heavy atom.